The normalized spacial score (nSPS) is 16.3. The molecule has 0 bridgehead atoms. The number of likely N-dealkylation sites (tertiary alicyclic amines) is 1. The maximum Gasteiger partial charge on any atom is 0.407 e. The van der Waals surface area contributed by atoms with Crippen molar-refractivity contribution in [1.29, 1.82) is 0 Å². The summed E-state index contributed by atoms with van der Waals surface area (Å²) in [6.45, 7) is 21.5. The second kappa shape index (κ2) is 21.2. The van der Waals surface area contributed by atoms with Crippen molar-refractivity contribution in [1.82, 2.24) is 15.5 Å². The van der Waals surface area contributed by atoms with Crippen LogP contribution in [0.15, 0.2) is 84.9 Å². The van der Waals surface area contributed by atoms with Crippen LogP contribution in [0.25, 0.3) is 0 Å². The molecule has 1 fully saturated rings. The molecule has 3 aromatic rings. The topological polar surface area (TPSA) is 123 Å². The molecule has 1 aliphatic heterocycles. The summed E-state index contributed by atoms with van der Waals surface area (Å²) in [5, 5.41) is 6.21. The molecule has 1 heterocycles. The molecule has 11 heteroatoms. The van der Waals surface area contributed by atoms with Crippen LogP contribution in [0.5, 0.6) is 5.75 Å². The molecule has 0 unspecified atom stereocenters. The Labute approximate surface area is 354 Å². The lowest BCUT2D eigenvalue weighted by Crippen LogP contribution is -2.56. The number of Topliss-reactive ketones (excluding diaryl/α,β-unsaturated/α-hetero) is 1. The van der Waals surface area contributed by atoms with Gasteiger partial charge in [0.05, 0.1) is 12.1 Å². The summed E-state index contributed by atoms with van der Waals surface area (Å²) >= 11 is 0. The van der Waals surface area contributed by atoms with Gasteiger partial charge in [-0.2, -0.15) is 0 Å². The number of rotatable bonds is 18. The van der Waals surface area contributed by atoms with Crippen molar-refractivity contribution < 1.29 is 33.1 Å². The van der Waals surface area contributed by atoms with Crippen LogP contribution in [0, 0.1) is 11.8 Å². The molecular weight excluding hydrogens is 759 g/mol. The van der Waals surface area contributed by atoms with Crippen LogP contribution < -0.4 is 15.4 Å². The van der Waals surface area contributed by atoms with Crippen molar-refractivity contribution in [3.05, 3.63) is 102 Å². The lowest BCUT2D eigenvalue weighted by atomic mass is 9.87. The van der Waals surface area contributed by atoms with Gasteiger partial charge in [-0.1, -0.05) is 114 Å². The molecule has 5 atom stereocenters. The van der Waals surface area contributed by atoms with Crippen molar-refractivity contribution in [2.45, 2.75) is 142 Å². The summed E-state index contributed by atoms with van der Waals surface area (Å²) in [7, 11) is -2.51. The average Bonchev–Trinajstić information content (AvgIpc) is 3.18. The first-order chi connectivity index (χ1) is 27.7. The third-order valence-corrected chi connectivity index (χ3v) is 16.2. The van der Waals surface area contributed by atoms with Crippen molar-refractivity contribution in [3.8, 4) is 5.75 Å². The van der Waals surface area contributed by atoms with Crippen molar-refractivity contribution in [2.75, 3.05) is 13.1 Å². The number of nitrogens with one attached hydrogen (secondary N) is 2. The zero-order valence-electron chi connectivity index (χ0n) is 37.1. The van der Waals surface area contributed by atoms with Gasteiger partial charge in [-0.25, -0.2) is 4.79 Å². The lowest BCUT2D eigenvalue weighted by Gasteiger charge is -2.42. The van der Waals surface area contributed by atoms with Gasteiger partial charge in [-0.05, 0) is 92.9 Å². The van der Waals surface area contributed by atoms with Gasteiger partial charge in [0.1, 0.15) is 29.8 Å². The van der Waals surface area contributed by atoms with Crippen LogP contribution in [0.3, 0.4) is 0 Å². The predicted molar refractivity (Wildman–Crippen MR) is 237 cm³/mol. The lowest BCUT2D eigenvalue weighted by molar-refractivity contribution is -0.141. The summed E-state index contributed by atoms with van der Waals surface area (Å²) in [6.07, 6.45) is 1.22. The number of ketones is 1. The van der Waals surface area contributed by atoms with E-state index in [4.69, 9.17) is 13.9 Å². The van der Waals surface area contributed by atoms with Crippen LogP contribution in [0.1, 0.15) is 97.8 Å². The van der Waals surface area contributed by atoms with E-state index in [0.29, 0.717) is 57.6 Å². The molecular formula is C48H69N3O7Si. The standard InChI is InChI=1S/C48H69N3O7Si/c1-11-34(2)43(45(54)51-28-26-39(52)27-29-51)50-44(53)38(30-36-22-24-40(25-23-36)56-33-37-20-16-13-17-21-37)32-42(58-59(9,10)48(6,7)8)41(31-35-18-14-12-15-19-35)49-46(55)57-47(3,4)5/h12-25,34,38,41-43H,11,26-33H2,1-10H3,(H,49,55)(H,50,53)/t34-,38-,41-,42+,43-/m0/s1. The van der Waals surface area contributed by atoms with Crippen LogP contribution in [-0.2, 0) is 43.0 Å². The number of amides is 3. The molecule has 0 aromatic heterocycles. The Hall–Kier alpha value is -4.48. The Morgan fingerprint density at radius 3 is 1.88 bits per heavy atom. The maximum atomic E-state index is 14.9. The Bertz CT molecular complexity index is 1800. The number of alkyl carbamates (subject to hydrolysis) is 1. The minimum absolute atomic E-state index is 0.146. The van der Waals surface area contributed by atoms with Crippen LogP contribution >= 0.6 is 0 Å². The highest BCUT2D eigenvalue weighted by Gasteiger charge is 2.43. The molecule has 0 aliphatic carbocycles. The van der Waals surface area contributed by atoms with Gasteiger partial charge in [0.15, 0.2) is 8.32 Å². The van der Waals surface area contributed by atoms with E-state index in [0.717, 1.165) is 16.7 Å². The minimum atomic E-state index is -2.51. The van der Waals surface area contributed by atoms with Crippen molar-refractivity contribution in [3.63, 3.8) is 0 Å². The SMILES string of the molecule is CC[C@H](C)[C@H](NC(=O)[C@@H](Cc1ccc(OCc2ccccc2)cc1)C[C@@H](O[Si](C)(C)C(C)(C)C)[C@H](Cc1ccccc1)NC(=O)OC(C)(C)C)C(=O)N1CCC(=O)CC1. The Kier molecular flexibility index (Phi) is 16.9. The highest BCUT2D eigenvalue weighted by molar-refractivity contribution is 6.74. The second-order valence-electron chi connectivity index (χ2n) is 18.6. The fourth-order valence-corrected chi connectivity index (χ4v) is 8.26. The third kappa shape index (κ3) is 14.9. The molecule has 3 aromatic carbocycles. The first-order valence-corrected chi connectivity index (χ1v) is 24.2. The van der Waals surface area contributed by atoms with Gasteiger partial charge in [-0.15, -0.1) is 0 Å². The number of nitrogens with zero attached hydrogens (tertiary/aromatic N) is 1. The third-order valence-electron chi connectivity index (χ3n) is 11.7. The van der Waals surface area contributed by atoms with E-state index in [2.05, 4.69) is 44.5 Å². The molecule has 0 spiro atoms. The molecule has 322 valence electrons. The van der Waals surface area contributed by atoms with Gasteiger partial charge >= 0.3 is 6.09 Å². The fourth-order valence-electron chi connectivity index (χ4n) is 6.89. The number of carbonyl (C=O) groups excluding carboxylic acids is 4. The molecule has 0 saturated carbocycles. The smallest absolute Gasteiger partial charge is 0.407 e. The number of hydrogen-bond acceptors (Lipinski definition) is 7. The number of carbonyl (C=O) groups is 4. The molecule has 2 N–H and O–H groups in total. The highest BCUT2D eigenvalue weighted by Crippen LogP contribution is 2.39. The predicted octanol–water partition coefficient (Wildman–Crippen LogP) is 9.06. The Balaban J connectivity index is 1.74. The van der Waals surface area contributed by atoms with Gasteiger partial charge in [0.25, 0.3) is 0 Å². The van der Waals surface area contributed by atoms with Crippen molar-refractivity contribution in [2.24, 2.45) is 11.8 Å². The summed E-state index contributed by atoms with van der Waals surface area (Å²) in [5.74, 6) is -0.369. The zero-order valence-corrected chi connectivity index (χ0v) is 38.1. The fraction of sp³-hybridized carbons (Fsp3) is 0.542. The molecule has 3 amide bonds. The number of piperidine rings is 1. The minimum Gasteiger partial charge on any atom is -0.489 e. The first kappa shape index (κ1) is 47.2. The molecule has 4 rings (SSSR count). The number of hydrogen-bond donors (Lipinski definition) is 2. The molecule has 59 heavy (non-hydrogen) atoms. The summed E-state index contributed by atoms with van der Waals surface area (Å²) in [4.78, 5) is 56.4. The second-order valence-corrected chi connectivity index (χ2v) is 23.4. The summed E-state index contributed by atoms with van der Waals surface area (Å²) in [6, 6.07) is 26.4. The van der Waals surface area contributed by atoms with E-state index in [1.165, 1.54) is 0 Å². The maximum absolute atomic E-state index is 14.9. The van der Waals surface area contributed by atoms with Crippen LogP contribution in [0.2, 0.25) is 18.1 Å². The summed E-state index contributed by atoms with van der Waals surface area (Å²) in [5.41, 5.74) is 2.26. The van der Waals surface area contributed by atoms with Crippen LogP contribution in [0.4, 0.5) is 4.79 Å². The summed E-state index contributed by atoms with van der Waals surface area (Å²) < 4.78 is 19.1. The zero-order chi connectivity index (χ0) is 43.4. The number of benzene rings is 3. The van der Waals surface area contributed by atoms with Gasteiger partial charge in [-0.3, -0.25) is 14.4 Å². The monoisotopic (exact) mass is 827 g/mol. The molecule has 1 aliphatic rings. The highest BCUT2D eigenvalue weighted by atomic mass is 28.4. The first-order valence-electron chi connectivity index (χ1n) is 21.3. The average molecular weight is 828 g/mol. The van der Waals surface area contributed by atoms with Gasteiger partial charge in [0.2, 0.25) is 11.8 Å². The van der Waals surface area contributed by atoms with Crippen molar-refractivity contribution >= 4 is 32.0 Å². The van der Waals surface area contributed by atoms with E-state index in [1.54, 1.807) is 4.90 Å². The Morgan fingerprint density at radius 1 is 0.780 bits per heavy atom. The molecule has 10 nitrogen and oxygen atoms in total. The quantitative estimate of drug-likeness (QED) is 0.123. The Morgan fingerprint density at radius 2 is 1.34 bits per heavy atom. The van der Waals surface area contributed by atoms with E-state index < -0.39 is 44.1 Å². The van der Waals surface area contributed by atoms with E-state index in [-0.39, 0.29) is 35.0 Å². The van der Waals surface area contributed by atoms with E-state index in [9.17, 15) is 19.2 Å². The number of ether oxygens (including phenoxy) is 2. The molecule has 0 radical (unpaired) electrons. The molecule has 1 saturated heterocycles. The van der Waals surface area contributed by atoms with E-state index in [1.807, 2.05) is 120 Å². The van der Waals surface area contributed by atoms with E-state index >= 15 is 0 Å². The van der Waals surface area contributed by atoms with Gasteiger partial charge in [0, 0.05) is 31.8 Å². The van der Waals surface area contributed by atoms with Crippen LogP contribution in [-0.4, -0.2) is 73.8 Å². The largest absolute Gasteiger partial charge is 0.489 e. The van der Waals surface area contributed by atoms with Gasteiger partial charge < -0.3 is 29.4 Å².